The van der Waals surface area contributed by atoms with Crippen LogP contribution in [0.4, 0.5) is 0 Å². The Kier molecular flexibility index (Phi) is 2.63. The summed E-state index contributed by atoms with van der Waals surface area (Å²) in [6, 6.07) is 0. The SMILES string of the molecule is CC1CC=CCC1S(=O)O. The van der Waals surface area contributed by atoms with Crippen LogP contribution in [0.2, 0.25) is 0 Å². The molecule has 3 atom stereocenters. The van der Waals surface area contributed by atoms with E-state index in [0.717, 1.165) is 12.8 Å². The van der Waals surface area contributed by atoms with Gasteiger partial charge in [-0.25, -0.2) is 4.21 Å². The van der Waals surface area contributed by atoms with Crippen molar-refractivity contribution >= 4 is 11.1 Å². The number of allylic oxidation sites excluding steroid dienone is 2. The monoisotopic (exact) mass is 160 g/mol. The molecule has 0 saturated carbocycles. The molecule has 10 heavy (non-hydrogen) atoms. The minimum Gasteiger partial charge on any atom is -0.306 e. The maximum Gasteiger partial charge on any atom is 0.156 e. The van der Waals surface area contributed by atoms with E-state index >= 15 is 0 Å². The quantitative estimate of drug-likeness (QED) is 0.467. The van der Waals surface area contributed by atoms with E-state index in [1.807, 2.05) is 13.0 Å². The lowest BCUT2D eigenvalue weighted by atomic mass is 9.96. The number of hydrogen-bond donors (Lipinski definition) is 1. The highest BCUT2D eigenvalue weighted by Gasteiger charge is 2.22. The summed E-state index contributed by atoms with van der Waals surface area (Å²) >= 11 is -1.63. The van der Waals surface area contributed by atoms with Crippen molar-refractivity contribution in [3.05, 3.63) is 12.2 Å². The van der Waals surface area contributed by atoms with Crippen LogP contribution in [0.25, 0.3) is 0 Å². The molecular formula is C7H12O2S. The zero-order chi connectivity index (χ0) is 7.56. The van der Waals surface area contributed by atoms with Gasteiger partial charge in [0.2, 0.25) is 0 Å². The van der Waals surface area contributed by atoms with Gasteiger partial charge in [-0.1, -0.05) is 19.1 Å². The van der Waals surface area contributed by atoms with Crippen LogP contribution in [-0.4, -0.2) is 14.0 Å². The lowest BCUT2D eigenvalue weighted by molar-refractivity contribution is 0.479. The summed E-state index contributed by atoms with van der Waals surface area (Å²) in [6.07, 6.45) is 5.76. The maximum absolute atomic E-state index is 10.6. The average molecular weight is 160 g/mol. The van der Waals surface area contributed by atoms with Gasteiger partial charge in [0, 0.05) is 0 Å². The van der Waals surface area contributed by atoms with Crippen LogP contribution in [-0.2, 0) is 11.1 Å². The molecule has 0 spiro atoms. The first kappa shape index (κ1) is 7.95. The Bertz CT molecular complexity index is 165. The van der Waals surface area contributed by atoms with E-state index < -0.39 is 11.1 Å². The molecule has 1 aliphatic rings. The van der Waals surface area contributed by atoms with Gasteiger partial charge < -0.3 is 4.55 Å². The van der Waals surface area contributed by atoms with Gasteiger partial charge in [-0.2, -0.15) is 0 Å². The van der Waals surface area contributed by atoms with Crippen LogP contribution in [0.5, 0.6) is 0 Å². The van der Waals surface area contributed by atoms with Crippen molar-refractivity contribution in [3.8, 4) is 0 Å². The minimum absolute atomic E-state index is 0.0370. The molecule has 0 aromatic rings. The van der Waals surface area contributed by atoms with Crippen molar-refractivity contribution in [1.82, 2.24) is 0 Å². The smallest absolute Gasteiger partial charge is 0.156 e. The van der Waals surface area contributed by atoms with E-state index in [-0.39, 0.29) is 5.25 Å². The first-order chi connectivity index (χ1) is 4.72. The molecule has 1 rings (SSSR count). The van der Waals surface area contributed by atoms with Crippen LogP contribution in [0.1, 0.15) is 19.8 Å². The third-order valence-electron chi connectivity index (χ3n) is 1.94. The molecule has 0 aliphatic heterocycles. The highest BCUT2D eigenvalue weighted by atomic mass is 32.2. The lowest BCUT2D eigenvalue weighted by Gasteiger charge is -2.21. The molecule has 0 bridgehead atoms. The second-order valence-electron chi connectivity index (χ2n) is 2.73. The van der Waals surface area contributed by atoms with Gasteiger partial charge in [0.1, 0.15) is 0 Å². The van der Waals surface area contributed by atoms with E-state index in [9.17, 15) is 4.21 Å². The van der Waals surface area contributed by atoms with Crippen LogP contribution < -0.4 is 0 Å². The summed E-state index contributed by atoms with van der Waals surface area (Å²) in [5.74, 6) is 0.357. The molecule has 1 aliphatic carbocycles. The molecule has 0 radical (unpaired) electrons. The van der Waals surface area contributed by atoms with Crippen molar-refractivity contribution in [2.45, 2.75) is 25.0 Å². The Morgan fingerprint density at radius 3 is 2.50 bits per heavy atom. The Morgan fingerprint density at radius 2 is 2.10 bits per heavy atom. The highest BCUT2D eigenvalue weighted by molar-refractivity contribution is 7.79. The van der Waals surface area contributed by atoms with E-state index in [2.05, 4.69) is 6.08 Å². The third kappa shape index (κ3) is 1.67. The van der Waals surface area contributed by atoms with Gasteiger partial charge in [-0.3, -0.25) is 0 Å². The van der Waals surface area contributed by atoms with E-state index in [4.69, 9.17) is 4.55 Å². The van der Waals surface area contributed by atoms with Gasteiger partial charge in [-0.05, 0) is 18.8 Å². The van der Waals surface area contributed by atoms with E-state index in [0.29, 0.717) is 5.92 Å². The molecule has 0 heterocycles. The van der Waals surface area contributed by atoms with Crippen LogP contribution in [0, 0.1) is 5.92 Å². The van der Waals surface area contributed by atoms with Gasteiger partial charge in [0.25, 0.3) is 0 Å². The first-order valence-electron chi connectivity index (χ1n) is 3.46. The normalized spacial score (nSPS) is 35.8. The Hall–Kier alpha value is -0.150. The summed E-state index contributed by atoms with van der Waals surface area (Å²) in [5.41, 5.74) is 0. The van der Waals surface area contributed by atoms with Crippen molar-refractivity contribution in [2.75, 3.05) is 0 Å². The maximum atomic E-state index is 10.6. The molecular weight excluding hydrogens is 148 g/mol. The Labute approximate surface area is 63.6 Å². The summed E-state index contributed by atoms with van der Waals surface area (Å²) in [7, 11) is 0. The zero-order valence-electron chi connectivity index (χ0n) is 5.99. The van der Waals surface area contributed by atoms with E-state index in [1.54, 1.807) is 0 Å². The fraction of sp³-hybridized carbons (Fsp3) is 0.714. The predicted octanol–water partition coefficient (Wildman–Crippen LogP) is 1.56. The van der Waals surface area contributed by atoms with Crippen molar-refractivity contribution < 1.29 is 8.76 Å². The van der Waals surface area contributed by atoms with Crippen molar-refractivity contribution in [3.63, 3.8) is 0 Å². The van der Waals surface area contributed by atoms with Crippen LogP contribution >= 0.6 is 0 Å². The van der Waals surface area contributed by atoms with Crippen molar-refractivity contribution in [2.24, 2.45) is 5.92 Å². The Balaban J connectivity index is 2.59. The standard InChI is InChI=1S/C7H12O2S/c1-6-4-2-3-5-7(6)10(8)9/h2-3,6-7H,4-5H2,1H3,(H,8,9). The second-order valence-corrected chi connectivity index (χ2v) is 3.89. The molecule has 58 valence electrons. The van der Waals surface area contributed by atoms with Crippen LogP contribution in [0.3, 0.4) is 0 Å². The lowest BCUT2D eigenvalue weighted by Crippen LogP contribution is -2.24. The summed E-state index contributed by atoms with van der Waals surface area (Å²) < 4.78 is 19.4. The minimum atomic E-state index is -1.63. The number of rotatable bonds is 1. The molecule has 3 heteroatoms. The molecule has 0 fully saturated rings. The molecule has 0 aromatic heterocycles. The molecule has 3 unspecified atom stereocenters. The molecule has 1 N–H and O–H groups in total. The first-order valence-corrected chi connectivity index (χ1v) is 4.63. The molecule has 2 nitrogen and oxygen atoms in total. The molecule has 0 saturated heterocycles. The van der Waals surface area contributed by atoms with Crippen LogP contribution in [0.15, 0.2) is 12.2 Å². The van der Waals surface area contributed by atoms with Gasteiger partial charge >= 0.3 is 0 Å². The van der Waals surface area contributed by atoms with Crippen molar-refractivity contribution in [1.29, 1.82) is 0 Å². The number of hydrogen-bond acceptors (Lipinski definition) is 1. The Morgan fingerprint density at radius 1 is 1.50 bits per heavy atom. The summed E-state index contributed by atoms with van der Waals surface area (Å²) in [5, 5.41) is -0.0370. The molecule has 0 amide bonds. The zero-order valence-corrected chi connectivity index (χ0v) is 6.80. The summed E-state index contributed by atoms with van der Waals surface area (Å²) in [6.45, 7) is 2.02. The fourth-order valence-electron chi connectivity index (χ4n) is 1.21. The fourth-order valence-corrected chi connectivity index (χ4v) is 1.99. The van der Waals surface area contributed by atoms with Gasteiger partial charge in [0.15, 0.2) is 11.1 Å². The highest BCUT2D eigenvalue weighted by Crippen LogP contribution is 2.21. The largest absolute Gasteiger partial charge is 0.306 e. The summed E-state index contributed by atoms with van der Waals surface area (Å²) in [4.78, 5) is 0. The van der Waals surface area contributed by atoms with Gasteiger partial charge in [0.05, 0.1) is 5.25 Å². The van der Waals surface area contributed by atoms with E-state index in [1.165, 1.54) is 0 Å². The van der Waals surface area contributed by atoms with Gasteiger partial charge in [-0.15, -0.1) is 0 Å². The second kappa shape index (κ2) is 3.30. The molecule has 0 aromatic carbocycles. The predicted molar refractivity (Wildman–Crippen MR) is 42.1 cm³/mol. The average Bonchev–Trinajstić information content (AvgIpc) is 1.88. The third-order valence-corrected chi connectivity index (χ3v) is 3.11. The topological polar surface area (TPSA) is 37.3 Å².